The molecular weight excluding hydrogens is 398 g/mol. The first-order valence-corrected chi connectivity index (χ1v) is 11.4. The van der Waals surface area contributed by atoms with Gasteiger partial charge in [0, 0.05) is 31.7 Å². The molecule has 32 heavy (non-hydrogen) atoms. The van der Waals surface area contributed by atoms with Gasteiger partial charge >= 0.3 is 0 Å². The number of methoxy groups -OCH3 is 1. The quantitative estimate of drug-likeness (QED) is 0.576. The molecule has 1 aliphatic heterocycles. The molecule has 0 aromatic heterocycles. The highest BCUT2D eigenvalue weighted by Crippen LogP contribution is 2.33. The van der Waals surface area contributed by atoms with E-state index in [0.29, 0.717) is 24.5 Å². The average Bonchev–Trinajstić information content (AvgIpc) is 2.88. The molecule has 1 atom stereocenters. The van der Waals surface area contributed by atoms with Crippen LogP contribution in [0.3, 0.4) is 0 Å². The van der Waals surface area contributed by atoms with Crippen molar-refractivity contribution in [1.82, 2.24) is 10.2 Å². The minimum absolute atomic E-state index is 0.199. The van der Waals surface area contributed by atoms with E-state index in [-0.39, 0.29) is 6.04 Å². The third kappa shape index (κ3) is 5.46. The Morgan fingerprint density at radius 2 is 1.72 bits per heavy atom. The van der Waals surface area contributed by atoms with E-state index in [1.54, 1.807) is 7.11 Å². The molecule has 4 rings (SSSR count). The standard InChI is InChI=1S/C25H27N3O2.C2H6/c1-29-25-21(16-26)15-20-9-5-6-10-22(20)23(25)17-30-18-24(19-7-3-2-4-8-19)28-13-11-27-12-14-28;1-2/h2-10,15,24,27H,11-14,17-18H2,1H3;1-2H3. The number of hydrogen-bond acceptors (Lipinski definition) is 5. The average molecular weight is 432 g/mol. The van der Waals surface area contributed by atoms with E-state index >= 15 is 0 Å². The van der Waals surface area contributed by atoms with Crippen LogP contribution >= 0.6 is 0 Å². The molecule has 1 heterocycles. The number of nitriles is 1. The zero-order valence-electron chi connectivity index (χ0n) is 19.3. The second-order valence-electron chi connectivity index (χ2n) is 7.50. The Bertz CT molecular complexity index is 1020. The molecule has 1 unspecified atom stereocenters. The normalized spacial score (nSPS) is 14.8. The van der Waals surface area contributed by atoms with Crippen LogP contribution < -0.4 is 10.1 Å². The summed E-state index contributed by atoms with van der Waals surface area (Å²) in [5.41, 5.74) is 2.73. The largest absolute Gasteiger partial charge is 0.495 e. The van der Waals surface area contributed by atoms with Crippen LogP contribution in [0.5, 0.6) is 5.75 Å². The van der Waals surface area contributed by atoms with Gasteiger partial charge in [0.25, 0.3) is 0 Å². The molecule has 5 heteroatoms. The SMILES string of the molecule is CC.COc1c(C#N)cc2ccccc2c1COCC(c1ccccc1)N1CCNCC1. The van der Waals surface area contributed by atoms with E-state index in [9.17, 15) is 5.26 Å². The number of benzene rings is 3. The van der Waals surface area contributed by atoms with Crippen molar-refractivity contribution in [1.29, 1.82) is 5.26 Å². The zero-order chi connectivity index (χ0) is 22.8. The molecule has 0 radical (unpaired) electrons. The van der Waals surface area contributed by atoms with Crippen molar-refractivity contribution in [2.24, 2.45) is 0 Å². The maximum Gasteiger partial charge on any atom is 0.142 e. The van der Waals surface area contributed by atoms with Crippen LogP contribution in [-0.4, -0.2) is 44.8 Å². The highest BCUT2D eigenvalue weighted by molar-refractivity contribution is 5.89. The Kier molecular flexibility index (Phi) is 9.06. The summed E-state index contributed by atoms with van der Waals surface area (Å²) in [5.74, 6) is 0.606. The molecule has 3 aromatic carbocycles. The molecule has 0 amide bonds. The van der Waals surface area contributed by atoms with Crippen molar-refractivity contribution >= 4 is 10.8 Å². The van der Waals surface area contributed by atoms with Crippen molar-refractivity contribution in [2.45, 2.75) is 26.5 Å². The van der Waals surface area contributed by atoms with Crippen molar-refractivity contribution in [3.63, 3.8) is 0 Å². The topological polar surface area (TPSA) is 57.5 Å². The van der Waals surface area contributed by atoms with Gasteiger partial charge in [-0.2, -0.15) is 5.26 Å². The molecule has 5 nitrogen and oxygen atoms in total. The number of nitrogens with one attached hydrogen (secondary N) is 1. The first-order valence-electron chi connectivity index (χ1n) is 11.4. The van der Waals surface area contributed by atoms with Crippen LogP contribution in [0.25, 0.3) is 10.8 Å². The second-order valence-corrected chi connectivity index (χ2v) is 7.50. The van der Waals surface area contributed by atoms with Crippen molar-refractivity contribution in [2.75, 3.05) is 39.9 Å². The predicted molar refractivity (Wildman–Crippen MR) is 130 cm³/mol. The van der Waals surface area contributed by atoms with Crippen molar-refractivity contribution in [3.8, 4) is 11.8 Å². The lowest BCUT2D eigenvalue weighted by Crippen LogP contribution is -2.46. The Labute approximate surface area is 191 Å². The van der Waals surface area contributed by atoms with Gasteiger partial charge in [0.05, 0.1) is 31.9 Å². The van der Waals surface area contributed by atoms with Gasteiger partial charge in [-0.3, -0.25) is 4.90 Å². The third-order valence-electron chi connectivity index (χ3n) is 5.73. The number of ether oxygens (including phenoxy) is 2. The lowest BCUT2D eigenvalue weighted by atomic mass is 10.00. The molecule has 3 aromatic rings. The summed E-state index contributed by atoms with van der Waals surface area (Å²) in [4.78, 5) is 2.48. The van der Waals surface area contributed by atoms with E-state index in [0.717, 1.165) is 42.5 Å². The van der Waals surface area contributed by atoms with Gasteiger partial charge in [-0.05, 0) is 22.4 Å². The predicted octanol–water partition coefficient (Wildman–Crippen LogP) is 4.91. The molecule has 1 fully saturated rings. The molecule has 1 saturated heterocycles. The monoisotopic (exact) mass is 431 g/mol. The van der Waals surface area contributed by atoms with E-state index in [2.05, 4.69) is 46.6 Å². The summed E-state index contributed by atoms with van der Waals surface area (Å²) in [7, 11) is 1.61. The molecule has 168 valence electrons. The summed E-state index contributed by atoms with van der Waals surface area (Å²) in [6.45, 7) is 8.96. The maximum atomic E-state index is 9.58. The highest BCUT2D eigenvalue weighted by Gasteiger charge is 2.23. The van der Waals surface area contributed by atoms with E-state index in [4.69, 9.17) is 9.47 Å². The molecule has 0 saturated carbocycles. The van der Waals surface area contributed by atoms with Crippen LogP contribution in [-0.2, 0) is 11.3 Å². The van der Waals surface area contributed by atoms with Crippen LogP contribution in [0.1, 0.15) is 36.6 Å². The lowest BCUT2D eigenvalue weighted by Gasteiger charge is -2.35. The molecular formula is C27H33N3O2. The second kappa shape index (κ2) is 12.2. The fourth-order valence-corrected chi connectivity index (χ4v) is 4.22. The maximum absolute atomic E-state index is 9.58. The van der Waals surface area contributed by atoms with Gasteiger partial charge in [0.15, 0.2) is 0 Å². The smallest absolute Gasteiger partial charge is 0.142 e. The van der Waals surface area contributed by atoms with Crippen LogP contribution in [0.4, 0.5) is 0 Å². The minimum Gasteiger partial charge on any atom is -0.495 e. The first kappa shape index (κ1) is 23.7. The summed E-state index contributed by atoms with van der Waals surface area (Å²) >= 11 is 0. The fraction of sp³-hybridized carbons (Fsp3) is 0.370. The molecule has 1 aliphatic rings. The highest BCUT2D eigenvalue weighted by atomic mass is 16.5. The lowest BCUT2D eigenvalue weighted by molar-refractivity contribution is 0.0439. The minimum atomic E-state index is 0.199. The number of nitrogens with zero attached hydrogens (tertiary/aromatic N) is 2. The Morgan fingerprint density at radius 3 is 2.41 bits per heavy atom. The Hall–Kier alpha value is -2.91. The summed E-state index contributed by atoms with van der Waals surface area (Å²) in [6.07, 6.45) is 0. The number of hydrogen-bond donors (Lipinski definition) is 1. The molecule has 0 aliphatic carbocycles. The Balaban J connectivity index is 0.00000141. The fourth-order valence-electron chi connectivity index (χ4n) is 4.22. The zero-order valence-corrected chi connectivity index (χ0v) is 19.3. The summed E-state index contributed by atoms with van der Waals surface area (Å²) in [5, 5.41) is 15.1. The van der Waals surface area contributed by atoms with Crippen LogP contribution in [0.15, 0.2) is 60.7 Å². The molecule has 1 N–H and O–H groups in total. The van der Waals surface area contributed by atoms with E-state index in [1.807, 2.05) is 44.2 Å². The van der Waals surface area contributed by atoms with Gasteiger partial charge in [-0.25, -0.2) is 0 Å². The molecule has 0 spiro atoms. The number of fused-ring (bicyclic) bond motifs is 1. The first-order chi connectivity index (χ1) is 15.8. The summed E-state index contributed by atoms with van der Waals surface area (Å²) in [6, 6.07) is 22.9. The van der Waals surface area contributed by atoms with Gasteiger partial charge in [0.1, 0.15) is 11.8 Å². The van der Waals surface area contributed by atoms with Crippen molar-refractivity contribution < 1.29 is 9.47 Å². The van der Waals surface area contributed by atoms with Crippen LogP contribution in [0.2, 0.25) is 0 Å². The van der Waals surface area contributed by atoms with E-state index < -0.39 is 0 Å². The van der Waals surface area contributed by atoms with Gasteiger partial charge in [-0.15, -0.1) is 0 Å². The summed E-state index contributed by atoms with van der Waals surface area (Å²) < 4.78 is 11.9. The van der Waals surface area contributed by atoms with Crippen LogP contribution in [0, 0.1) is 11.3 Å². The Morgan fingerprint density at radius 1 is 1.03 bits per heavy atom. The third-order valence-corrected chi connectivity index (χ3v) is 5.73. The van der Waals surface area contributed by atoms with Crippen molar-refractivity contribution in [3.05, 3.63) is 77.4 Å². The van der Waals surface area contributed by atoms with Gasteiger partial charge < -0.3 is 14.8 Å². The van der Waals surface area contributed by atoms with E-state index in [1.165, 1.54) is 5.56 Å². The number of rotatable bonds is 7. The number of piperazine rings is 1. The van der Waals surface area contributed by atoms with Gasteiger partial charge in [-0.1, -0.05) is 68.4 Å². The molecule has 0 bridgehead atoms. The van der Waals surface area contributed by atoms with Gasteiger partial charge in [0.2, 0.25) is 0 Å².